The van der Waals surface area contributed by atoms with Crippen molar-refractivity contribution in [2.24, 2.45) is 0 Å². The van der Waals surface area contributed by atoms with Crippen molar-refractivity contribution in [1.29, 1.82) is 0 Å². The number of benzene rings is 1. The molecular formula is C16H16N2O4S3. The number of nitrogens with one attached hydrogen (secondary N) is 1. The highest BCUT2D eigenvalue weighted by Gasteiger charge is 2.30. The fourth-order valence-electron chi connectivity index (χ4n) is 2.61. The van der Waals surface area contributed by atoms with Crippen LogP contribution in [0.15, 0.2) is 29.2 Å². The van der Waals surface area contributed by atoms with E-state index in [2.05, 4.69) is 5.32 Å². The van der Waals surface area contributed by atoms with E-state index in [1.54, 1.807) is 37.4 Å². The molecule has 1 aromatic rings. The lowest BCUT2D eigenvalue weighted by molar-refractivity contribution is -0.121. The second kappa shape index (κ2) is 6.89. The van der Waals surface area contributed by atoms with Gasteiger partial charge in [0.15, 0.2) is 9.84 Å². The number of thioether (sulfide) groups is 1. The first-order chi connectivity index (χ1) is 11.7. The number of hydrogen-bond donors (Lipinski definition) is 1. The summed E-state index contributed by atoms with van der Waals surface area (Å²) in [6.45, 7) is 0. The molecule has 0 aliphatic carbocycles. The maximum Gasteiger partial charge on any atom is 0.265 e. The van der Waals surface area contributed by atoms with Crippen molar-refractivity contribution >= 4 is 56.0 Å². The van der Waals surface area contributed by atoms with Gasteiger partial charge in [0.25, 0.3) is 11.8 Å². The second-order valence-electron chi connectivity index (χ2n) is 5.94. The Morgan fingerprint density at radius 2 is 2.04 bits per heavy atom. The standard InChI is InChI=1S/C16H16N2O4S3/c1-18-15(20)13(24-16(18)23)8-10-2-4-11(5-3-10)14(19)17-12-6-7-25(21,22)9-12/h2-5,8,12H,6-7,9H2,1H3,(H,17,19)/b13-8-. The fraction of sp³-hybridized carbons (Fsp3) is 0.312. The molecule has 1 atom stereocenters. The normalized spacial score (nSPS) is 24.1. The zero-order chi connectivity index (χ0) is 18.2. The SMILES string of the molecule is CN1C(=O)/C(=C/c2ccc(C(=O)NC3CCS(=O)(=O)C3)cc2)SC1=S. The maximum absolute atomic E-state index is 12.2. The smallest absolute Gasteiger partial charge is 0.265 e. The minimum absolute atomic E-state index is 0.00428. The lowest BCUT2D eigenvalue weighted by Crippen LogP contribution is -2.35. The summed E-state index contributed by atoms with van der Waals surface area (Å²) < 4.78 is 23.4. The van der Waals surface area contributed by atoms with Gasteiger partial charge in [-0.3, -0.25) is 14.5 Å². The summed E-state index contributed by atoms with van der Waals surface area (Å²) in [5.74, 6) is -0.324. The quantitative estimate of drug-likeness (QED) is 0.615. The van der Waals surface area contributed by atoms with Crippen LogP contribution in [0.25, 0.3) is 6.08 Å². The van der Waals surface area contributed by atoms with Crippen LogP contribution < -0.4 is 5.32 Å². The van der Waals surface area contributed by atoms with Gasteiger partial charge in [0.2, 0.25) is 0 Å². The molecule has 2 amide bonds. The van der Waals surface area contributed by atoms with Crippen LogP contribution in [-0.2, 0) is 14.6 Å². The molecule has 1 aromatic carbocycles. The average Bonchev–Trinajstić information content (AvgIpc) is 3.02. The summed E-state index contributed by atoms with van der Waals surface area (Å²) >= 11 is 6.32. The highest BCUT2D eigenvalue weighted by molar-refractivity contribution is 8.26. The third-order valence-corrected chi connectivity index (χ3v) is 7.28. The Balaban J connectivity index is 1.67. The van der Waals surface area contributed by atoms with Gasteiger partial charge in [-0.2, -0.15) is 0 Å². The van der Waals surface area contributed by atoms with Crippen molar-refractivity contribution in [2.45, 2.75) is 12.5 Å². The van der Waals surface area contributed by atoms with Crippen LogP contribution in [0.4, 0.5) is 0 Å². The highest BCUT2D eigenvalue weighted by atomic mass is 32.2. The molecule has 132 valence electrons. The molecule has 1 unspecified atom stereocenters. The minimum atomic E-state index is -3.03. The van der Waals surface area contributed by atoms with Gasteiger partial charge in [-0.15, -0.1) is 0 Å². The van der Waals surface area contributed by atoms with Crippen LogP contribution in [0, 0.1) is 0 Å². The van der Waals surface area contributed by atoms with E-state index in [4.69, 9.17) is 12.2 Å². The number of likely N-dealkylation sites (N-methyl/N-ethyl adjacent to an activating group) is 1. The summed E-state index contributed by atoms with van der Waals surface area (Å²) in [5.41, 5.74) is 1.23. The van der Waals surface area contributed by atoms with E-state index in [0.29, 0.717) is 21.2 Å². The van der Waals surface area contributed by atoms with Crippen molar-refractivity contribution in [3.8, 4) is 0 Å². The van der Waals surface area contributed by atoms with Crippen molar-refractivity contribution in [1.82, 2.24) is 10.2 Å². The van der Waals surface area contributed by atoms with Gasteiger partial charge in [-0.25, -0.2) is 8.42 Å². The summed E-state index contributed by atoms with van der Waals surface area (Å²) in [4.78, 5) is 26.1. The third-order valence-electron chi connectivity index (χ3n) is 4.02. The number of sulfone groups is 1. The van der Waals surface area contributed by atoms with E-state index in [9.17, 15) is 18.0 Å². The number of rotatable bonds is 3. The molecule has 9 heteroatoms. The van der Waals surface area contributed by atoms with Gasteiger partial charge in [-0.05, 0) is 30.2 Å². The molecule has 0 spiro atoms. The van der Waals surface area contributed by atoms with Gasteiger partial charge < -0.3 is 5.32 Å². The molecule has 0 aromatic heterocycles. The molecule has 2 aliphatic rings. The number of nitrogens with zero attached hydrogens (tertiary/aromatic N) is 1. The van der Waals surface area contributed by atoms with Crippen molar-refractivity contribution in [3.63, 3.8) is 0 Å². The van der Waals surface area contributed by atoms with Crippen LogP contribution >= 0.6 is 24.0 Å². The van der Waals surface area contributed by atoms with E-state index in [0.717, 1.165) is 5.56 Å². The van der Waals surface area contributed by atoms with Gasteiger partial charge >= 0.3 is 0 Å². The van der Waals surface area contributed by atoms with E-state index in [1.807, 2.05) is 0 Å². The zero-order valence-corrected chi connectivity index (χ0v) is 15.8. The largest absolute Gasteiger partial charge is 0.348 e. The molecule has 2 saturated heterocycles. The first-order valence-electron chi connectivity index (χ1n) is 7.58. The van der Waals surface area contributed by atoms with Crippen LogP contribution in [0.2, 0.25) is 0 Å². The van der Waals surface area contributed by atoms with Crippen molar-refractivity contribution in [3.05, 3.63) is 40.3 Å². The van der Waals surface area contributed by atoms with Crippen LogP contribution in [0.3, 0.4) is 0 Å². The molecule has 6 nitrogen and oxygen atoms in total. The number of hydrogen-bond acceptors (Lipinski definition) is 6. The van der Waals surface area contributed by atoms with Crippen LogP contribution in [0.1, 0.15) is 22.3 Å². The Morgan fingerprint density at radius 1 is 1.36 bits per heavy atom. The average molecular weight is 397 g/mol. The lowest BCUT2D eigenvalue weighted by Gasteiger charge is -2.10. The Kier molecular flexibility index (Phi) is 4.99. The molecule has 25 heavy (non-hydrogen) atoms. The minimum Gasteiger partial charge on any atom is -0.348 e. The first-order valence-corrected chi connectivity index (χ1v) is 10.6. The molecule has 1 N–H and O–H groups in total. The van der Waals surface area contributed by atoms with Gasteiger partial charge in [0, 0.05) is 18.7 Å². The second-order valence-corrected chi connectivity index (χ2v) is 9.84. The number of carbonyl (C=O) groups excluding carboxylic acids is 2. The van der Waals surface area contributed by atoms with Crippen LogP contribution in [0.5, 0.6) is 0 Å². The third kappa shape index (κ3) is 4.10. The fourth-order valence-corrected chi connectivity index (χ4v) is 5.46. The van der Waals surface area contributed by atoms with Crippen LogP contribution in [-0.4, -0.2) is 54.0 Å². The van der Waals surface area contributed by atoms with Gasteiger partial charge in [-0.1, -0.05) is 36.1 Å². The zero-order valence-electron chi connectivity index (χ0n) is 13.4. The maximum atomic E-state index is 12.2. The molecular weight excluding hydrogens is 380 g/mol. The molecule has 0 saturated carbocycles. The first kappa shape index (κ1) is 18.1. The number of amides is 2. The Bertz CT molecular complexity index is 875. The Labute approximate surface area is 155 Å². The predicted molar refractivity (Wildman–Crippen MR) is 102 cm³/mol. The summed E-state index contributed by atoms with van der Waals surface area (Å²) in [6.07, 6.45) is 2.18. The van der Waals surface area contributed by atoms with Gasteiger partial charge in [0.1, 0.15) is 4.32 Å². The molecule has 2 aliphatic heterocycles. The molecule has 0 bridgehead atoms. The summed E-state index contributed by atoms with van der Waals surface area (Å²) in [5, 5.41) is 2.75. The van der Waals surface area contributed by atoms with Gasteiger partial charge in [0.05, 0.1) is 16.4 Å². The Morgan fingerprint density at radius 3 is 2.56 bits per heavy atom. The molecule has 2 heterocycles. The number of thiocarbonyl (C=S) groups is 1. The molecule has 3 rings (SSSR count). The predicted octanol–water partition coefficient (Wildman–Crippen LogP) is 1.43. The van der Waals surface area contributed by atoms with E-state index >= 15 is 0 Å². The van der Waals surface area contributed by atoms with E-state index in [-0.39, 0.29) is 29.4 Å². The molecule has 0 radical (unpaired) electrons. The monoisotopic (exact) mass is 396 g/mol. The van der Waals surface area contributed by atoms with Crippen molar-refractivity contribution in [2.75, 3.05) is 18.6 Å². The molecule has 2 fully saturated rings. The Hall–Kier alpha value is -1.71. The van der Waals surface area contributed by atoms with E-state index < -0.39 is 9.84 Å². The lowest BCUT2D eigenvalue weighted by atomic mass is 10.1. The summed E-state index contributed by atoms with van der Waals surface area (Å²) in [6, 6.07) is 6.45. The topological polar surface area (TPSA) is 83.6 Å². The number of carbonyl (C=O) groups is 2. The summed E-state index contributed by atoms with van der Waals surface area (Å²) in [7, 11) is -1.39. The highest BCUT2D eigenvalue weighted by Crippen LogP contribution is 2.31. The van der Waals surface area contributed by atoms with Crippen molar-refractivity contribution < 1.29 is 18.0 Å². The van der Waals surface area contributed by atoms with E-state index in [1.165, 1.54) is 16.7 Å².